The molecular formula is C17H26N2O6S. The van der Waals surface area contributed by atoms with E-state index in [-0.39, 0.29) is 46.9 Å². The Labute approximate surface area is 153 Å². The average molecular weight is 386 g/mol. The summed E-state index contributed by atoms with van der Waals surface area (Å²) in [6, 6.07) is 0. The van der Waals surface area contributed by atoms with Crippen LogP contribution in [0.25, 0.3) is 0 Å². The van der Waals surface area contributed by atoms with E-state index in [1.54, 1.807) is 4.90 Å². The fraction of sp³-hybridized carbons (Fsp3) is 0.647. The van der Waals surface area contributed by atoms with E-state index in [0.717, 1.165) is 12.8 Å². The van der Waals surface area contributed by atoms with Gasteiger partial charge in [-0.2, -0.15) is 4.31 Å². The second kappa shape index (κ2) is 7.79. The second-order valence-electron chi connectivity index (χ2n) is 6.64. The normalized spacial score (nSPS) is 17.3. The van der Waals surface area contributed by atoms with Crippen molar-refractivity contribution in [3.8, 4) is 0 Å². The minimum absolute atomic E-state index is 0.0328. The Morgan fingerprint density at radius 3 is 2.23 bits per heavy atom. The van der Waals surface area contributed by atoms with E-state index in [1.807, 2.05) is 13.8 Å². The molecule has 1 N–H and O–H groups in total. The van der Waals surface area contributed by atoms with E-state index < -0.39 is 16.0 Å². The molecule has 1 aliphatic heterocycles. The number of nitrogens with zero attached hydrogens (tertiary/aromatic N) is 2. The minimum Gasteiger partial charge on any atom is -0.478 e. The summed E-state index contributed by atoms with van der Waals surface area (Å²) in [5, 5.41) is 9.35. The van der Waals surface area contributed by atoms with Crippen molar-refractivity contribution in [2.45, 2.75) is 45.4 Å². The molecule has 2 heterocycles. The first-order valence-corrected chi connectivity index (χ1v) is 10.2. The lowest BCUT2D eigenvalue weighted by Gasteiger charge is -2.35. The molecule has 0 radical (unpaired) electrons. The molecule has 8 nitrogen and oxygen atoms in total. The first kappa shape index (κ1) is 20.4. The number of amides is 1. The molecule has 0 aromatic carbocycles. The van der Waals surface area contributed by atoms with E-state index in [9.17, 15) is 23.1 Å². The number of carbonyl (C=O) groups is 2. The highest BCUT2D eigenvalue weighted by atomic mass is 32.2. The lowest BCUT2D eigenvalue weighted by Crippen LogP contribution is -2.51. The summed E-state index contributed by atoms with van der Waals surface area (Å²) < 4.78 is 32.4. The Kier molecular flexibility index (Phi) is 6.13. The molecule has 1 saturated heterocycles. The maximum absolute atomic E-state index is 13.0. The molecule has 1 unspecified atom stereocenters. The van der Waals surface area contributed by atoms with Crippen molar-refractivity contribution in [2.75, 3.05) is 26.2 Å². The number of aryl methyl sites for hydroxylation is 2. The predicted octanol–water partition coefficient (Wildman–Crippen LogP) is 1.86. The molecule has 0 bridgehead atoms. The van der Waals surface area contributed by atoms with E-state index in [0.29, 0.717) is 13.1 Å². The topological polar surface area (TPSA) is 108 Å². The molecule has 1 aromatic rings. The zero-order valence-electron chi connectivity index (χ0n) is 15.6. The summed E-state index contributed by atoms with van der Waals surface area (Å²) in [7, 11) is -4.01. The maximum Gasteiger partial charge on any atom is 0.340 e. The molecule has 1 aliphatic rings. The van der Waals surface area contributed by atoms with Gasteiger partial charge in [0.2, 0.25) is 15.9 Å². The van der Waals surface area contributed by atoms with Crippen molar-refractivity contribution < 1.29 is 27.5 Å². The van der Waals surface area contributed by atoms with Gasteiger partial charge in [0.05, 0.1) is 0 Å². The predicted molar refractivity (Wildman–Crippen MR) is 94.6 cm³/mol. The molecule has 1 aromatic heterocycles. The van der Waals surface area contributed by atoms with Crippen molar-refractivity contribution in [3.63, 3.8) is 0 Å². The zero-order chi connectivity index (χ0) is 19.6. The molecule has 26 heavy (non-hydrogen) atoms. The molecule has 1 atom stereocenters. The van der Waals surface area contributed by atoms with Crippen LogP contribution in [0.15, 0.2) is 9.31 Å². The maximum atomic E-state index is 13.0. The summed E-state index contributed by atoms with van der Waals surface area (Å²) in [5.41, 5.74) is -0.322. The van der Waals surface area contributed by atoms with Crippen LogP contribution in [0.4, 0.5) is 0 Å². The van der Waals surface area contributed by atoms with Gasteiger partial charge in [0.1, 0.15) is 22.0 Å². The van der Waals surface area contributed by atoms with E-state index >= 15 is 0 Å². The summed E-state index contributed by atoms with van der Waals surface area (Å²) in [6.07, 6.45) is 1.71. The highest BCUT2D eigenvalue weighted by Crippen LogP contribution is 2.30. The third kappa shape index (κ3) is 3.78. The van der Waals surface area contributed by atoms with E-state index in [1.165, 1.54) is 18.2 Å². The van der Waals surface area contributed by atoms with Crippen LogP contribution in [0, 0.1) is 19.8 Å². The molecule has 0 aliphatic carbocycles. The highest BCUT2D eigenvalue weighted by Gasteiger charge is 2.37. The van der Waals surface area contributed by atoms with Gasteiger partial charge in [-0.3, -0.25) is 4.79 Å². The van der Waals surface area contributed by atoms with Gasteiger partial charge >= 0.3 is 5.97 Å². The summed E-state index contributed by atoms with van der Waals surface area (Å²) in [5.74, 6) is -1.25. The van der Waals surface area contributed by atoms with Crippen LogP contribution in [0.2, 0.25) is 0 Å². The van der Waals surface area contributed by atoms with Crippen molar-refractivity contribution in [2.24, 2.45) is 5.92 Å². The number of hydrogen-bond donors (Lipinski definition) is 1. The Bertz CT molecular complexity index is 790. The van der Waals surface area contributed by atoms with Gasteiger partial charge in [-0.05, 0) is 20.3 Å². The Hall–Kier alpha value is -1.87. The van der Waals surface area contributed by atoms with Gasteiger partial charge in [0.25, 0.3) is 0 Å². The largest absolute Gasteiger partial charge is 0.478 e. The minimum atomic E-state index is -4.01. The number of piperazine rings is 1. The van der Waals surface area contributed by atoms with Gasteiger partial charge in [0.15, 0.2) is 0 Å². The molecule has 0 spiro atoms. The lowest BCUT2D eigenvalue weighted by molar-refractivity contribution is -0.136. The van der Waals surface area contributed by atoms with Crippen molar-refractivity contribution in [3.05, 3.63) is 17.1 Å². The molecule has 146 valence electrons. The third-order valence-electron chi connectivity index (χ3n) is 4.71. The molecule has 0 saturated carbocycles. The summed E-state index contributed by atoms with van der Waals surface area (Å²) in [6.45, 7) is 7.63. The fourth-order valence-corrected chi connectivity index (χ4v) is 5.16. The van der Waals surface area contributed by atoms with Crippen LogP contribution in [0.3, 0.4) is 0 Å². The second-order valence-corrected chi connectivity index (χ2v) is 8.52. The van der Waals surface area contributed by atoms with E-state index in [2.05, 4.69) is 0 Å². The molecule has 1 amide bonds. The number of carboxylic acids is 1. The van der Waals surface area contributed by atoms with Crippen LogP contribution in [-0.2, 0) is 14.8 Å². The van der Waals surface area contributed by atoms with Crippen LogP contribution in [-0.4, -0.2) is 60.8 Å². The Morgan fingerprint density at radius 1 is 1.15 bits per heavy atom. The molecule has 9 heteroatoms. The van der Waals surface area contributed by atoms with Gasteiger partial charge in [0, 0.05) is 32.1 Å². The van der Waals surface area contributed by atoms with Crippen LogP contribution in [0.1, 0.15) is 48.6 Å². The van der Waals surface area contributed by atoms with Crippen LogP contribution < -0.4 is 0 Å². The average Bonchev–Trinajstić information content (AvgIpc) is 2.89. The zero-order valence-corrected chi connectivity index (χ0v) is 16.4. The highest BCUT2D eigenvalue weighted by molar-refractivity contribution is 7.89. The van der Waals surface area contributed by atoms with Crippen molar-refractivity contribution in [1.29, 1.82) is 0 Å². The lowest BCUT2D eigenvalue weighted by atomic mass is 10.0. The van der Waals surface area contributed by atoms with Crippen LogP contribution >= 0.6 is 0 Å². The van der Waals surface area contributed by atoms with Gasteiger partial charge in [-0.25, -0.2) is 13.2 Å². The molecule has 1 fully saturated rings. The standard InChI is InChI=1S/C17H26N2O6S/c1-5-6-11(2)16(20)18-7-9-19(10-8-18)26(23,24)15-13(4)25-12(3)14(15)17(21)22/h11H,5-10H2,1-4H3,(H,21,22). The first-order chi connectivity index (χ1) is 12.1. The number of furan rings is 1. The van der Waals surface area contributed by atoms with Gasteiger partial charge in [-0.15, -0.1) is 0 Å². The summed E-state index contributed by atoms with van der Waals surface area (Å²) in [4.78, 5) is 25.2. The monoisotopic (exact) mass is 386 g/mol. The van der Waals surface area contributed by atoms with Gasteiger partial charge < -0.3 is 14.4 Å². The summed E-state index contributed by atoms with van der Waals surface area (Å²) >= 11 is 0. The fourth-order valence-electron chi connectivity index (χ4n) is 3.37. The number of rotatable bonds is 6. The number of sulfonamides is 1. The van der Waals surface area contributed by atoms with Crippen molar-refractivity contribution >= 4 is 21.9 Å². The van der Waals surface area contributed by atoms with E-state index in [4.69, 9.17) is 4.42 Å². The molecule has 2 rings (SSSR count). The van der Waals surface area contributed by atoms with Gasteiger partial charge in [-0.1, -0.05) is 20.3 Å². The first-order valence-electron chi connectivity index (χ1n) is 8.73. The quantitative estimate of drug-likeness (QED) is 0.799. The third-order valence-corrected chi connectivity index (χ3v) is 6.76. The number of carbonyl (C=O) groups excluding carboxylic acids is 1. The number of carboxylic acid groups (broad SMARTS) is 1. The smallest absolute Gasteiger partial charge is 0.340 e. The van der Waals surface area contributed by atoms with Crippen LogP contribution in [0.5, 0.6) is 0 Å². The Morgan fingerprint density at radius 2 is 1.73 bits per heavy atom. The molecular weight excluding hydrogens is 360 g/mol. The SMILES string of the molecule is CCCC(C)C(=O)N1CCN(S(=O)(=O)c2c(C)oc(C)c2C(=O)O)CC1. The van der Waals surface area contributed by atoms with Crippen molar-refractivity contribution in [1.82, 2.24) is 9.21 Å². The Balaban J connectivity index is 2.19. The number of hydrogen-bond acceptors (Lipinski definition) is 5. The number of aromatic carboxylic acids is 1.